The van der Waals surface area contributed by atoms with Gasteiger partial charge < -0.3 is 36.1 Å². The van der Waals surface area contributed by atoms with E-state index in [1.54, 1.807) is 6.07 Å². The molecule has 11 heteroatoms. The number of rotatable bonds is 12. The van der Waals surface area contributed by atoms with E-state index in [0.717, 1.165) is 23.0 Å². The molecule has 0 aliphatic heterocycles. The molecule has 2 rings (SSSR count). The number of anilines is 3. The maximum absolute atomic E-state index is 10.2. The second-order valence-corrected chi connectivity index (χ2v) is 6.84. The van der Waals surface area contributed by atoms with Crippen LogP contribution in [0, 0.1) is 28.4 Å². The van der Waals surface area contributed by atoms with E-state index in [0.29, 0.717) is 39.5 Å². The molecule has 0 aliphatic carbocycles. The van der Waals surface area contributed by atoms with Crippen LogP contribution >= 0.6 is 0 Å². The van der Waals surface area contributed by atoms with Gasteiger partial charge in [-0.3, -0.25) is 10.1 Å². The number of aliphatic hydroxyl groups is 2. The maximum Gasteiger partial charge on any atom is 0.270 e. The lowest BCUT2D eigenvalue weighted by molar-refractivity contribution is -0.384. The smallest absolute Gasteiger partial charge is 0.270 e. The van der Waals surface area contributed by atoms with Crippen LogP contribution < -0.4 is 16.4 Å². The van der Waals surface area contributed by atoms with E-state index in [1.807, 2.05) is 25.1 Å². The summed E-state index contributed by atoms with van der Waals surface area (Å²) in [5.74, 6) is 0. The minimum atomic E-state index is -0.569. The summed E-state index contributed by atoms with van der Waals surface area (Å²) in [6.45, 7) is 5.18. The van der Waals surface area contributed by atoms with Gasteiger partial charge >= 0.3 is 0 Å². The van der Waals surface area contributed by atoms with Crippen LogP contribution in [-0.4, -0.2) is 67.9 Å². The number of aryl methyl sites for hydroxylation is 1. The molecule has 0 amide bonds. The van der Waals surface area contributed by atoms with E-state index in [1.165, 1.54) is 12.1 Å². The molecule has 0 saturated heterocycles. The van der Waals surface area contributed by atoms with Crippen LogP contribution in [0.4, 0.5) is 22.7 Å². The summed E-state index contributed by atoms with van der Waals surface area (Å²) >= 11 is 0. The van der Waals surface area contributed by atoms with Gasteiger partial charge in [0.15, 0.2) is 0 Å². The monoisotopic (exact) mass is 461 g/mol. The van der Waals surface area contributed by atoms with Gasteiger partial charge in [-0.25, -0.2) is 0 Å². The summed E-state index contributed by atoms with van der Waals surface area (Å²) in [6, 6.07) is 11.4. The van der Waals surface area contributed by atoms with Crippen molar-refractivity contribution < 1.29 is 24.6 Å². The molecule has 0 saturated carbocycles. The van der Waals surface area contributed by atoms with Crippen molar-refractivity contribution in [2.75, 3.05) is 69.1 Å². The SMILES string of the molecule is Cc1cc(N(CCOCCO)CCOCCO)ccc1N.N#Cc1cc([N+](=O)[O-])ccc1N. The summed E-state index contributed by atoms with van der Waals surface area (Å²) in [4.78, 5) is 11.8. The average molecular weight is 462 g/mol. The molecule has 6 N–H and O–H groups in total. The normalized spacial score (nSPS) is 10.1. The second kappa shape index (κ2) is 15.4. The molecule has 0 spiro atoms. The summed E-state index contributed by atoms with van der Waals surface area (Å²) < 4.78 is 10.6. The molecule has 0 bridgehead atoms. The number of ether oxygens (including phenoxy) is 2. The largest absolute Gasteiger partial charge is 0.399 e. The Morgan fingerprint density at radius 1 is 1.00 bits per heavy atom. The van der Waals surface area contributed by atoms with Gasteiger partial charge in [0, 0.05) is 42.3 Å². The molecule has 11 nitrogen and oxygen atoms in total. The third kappa shape index (κ3) is 10.2. The number of nitrogen functional groups attached to an aromatic ring is 2. The van der Waals surface area contributed by atoms with Gasteiger partial charge in [0.25, 0.3) is 5.69 Å². The summed E-state index contributed by atoms with van der Waals surface area (Å²) in [6.07, 6.45) is 0. The van der Waals surface area contributed by atoms with Crippen molar-refractivity contribution in [3.8, 4) is 6.07 Å². The van der Waals surface area contributed by atoms with E-state index >= 15 is 0 Å². The quantitative estimate of drug-likeness (QED) is 0.156. The number of nitrogens with two attached hydrogens (primary N) is 2. The lowest BCUT2D eigenvalue weighted by Gasteiger charge is -2.25. The number of aliphatic hydroxyl groups excluding tert-OH is 2. The van der Waals surface area contributed by atoms with Crippen LogP contribution in [-0.2, 0) is 9.47 Å². The predicted molar refractivity (Wildman–Crippen MR) is 126 cm³/mol. The molecular weight excluding hydrogens is 430 g/mol. The maximum atomic E-state index is 10.2. The first-order chi connectivity index (χ1) is 15.8. The van der Waals surface area contributed by atoms with E-state index in [2.05, 4.69) is 4.90 Å². The number of nitro groups is 1. The highest BCUT2D eigenvalue weighted by Crippen LogP contribution is 2.20. The molecule has 180 valence electrons. The first-order valence-electron chi connectivity index (χ1n) is 10.3. The van der Waals surface area contributed by atoms with E-state index in [-0.39, 0.29) is 30.2 Å². The number of hydrogen-bond acceptors (Lipinski definition) is 10. The van der Waals surface area contributed by atoms with E-state index in [4.69, 9.17) is 36.4 Å². The van der Waals surface area contributed by atoms with E-state index in [9.17, 15) is 10.1 Å². The zero-order chi connectivity index (χ0) is 24.6. The zero-order valence-corrected chi connectivity index (χ0v) is 18.6. The van der Waals surface area contributed by atoms with Crippen molar-refractivity contribution in [1.82, 2.24) is 0 Å². The number of nitrogens with zero attached hydrogens (tertiary/aromatic N) is 3. The van der Waals surface area contributed by atoms with Gasteiger partial charge in [-0.15, -0.1) is 0 Å². The lowest BCUT2D eigenvalue weighted by atomic mass is 10.1. The third-order valence-corrected chi connectivity index (χ3v) is 4.47. The van der Waals surface area contributed by atoms with Crippen LogP contribution in [0.2, 0.25) is 0 Å². The highest BCUT2D eigenvalue weighted by molar-refractivity contribution is 5.59. The molecule has 0 unspecified atom stereocenters. The van der Waals surface area contributed by atoms with Crippen molar-refractivity contribution >= 4 is 22.7 Å². The Morgan fingerprint density at radius 3 is 2.06 bits per heavy atom. The molecule has 33 heavy (non-hydrogen) atoms. The molecule has 0 heterocycles. The number of benzene rings is 2. The van der Waals surface area contributed by atoms with Crippen molar-refractivity contribution in [3.05, 3.63) is 57.6 Å². The van der Waals surface area contributed by atoms with Crippen molar-refractivity contribution in [1.29, 1.82) is 5.26 Å². The Hall–Kier alpha value is -3.43. The fourth-order valence-electron chi connectivity index (χ4n) is 2.66. The van der Waals surface area contributed by atoms with Gasteiger partial charge in [-0.2, -0.15) is 5.26 Å². The van der Waals surface area contributed by atoms with Crippen molar-refractivity contribution in [3.63, 3.8) is 0 Å². The molecule has 0 aromatic heterocycles. The molecule has 0 fully saturated rings. The Balaban J connectivity index is 0.000000383. The van der Waals surface area contributed by atoms with Gasteiger partial charge in [0.1, 0.15) is 6.07 Å². The third-order valence-electron chi connectivity index (χ3n) is 4.47. The molecule has 0 radical (unpaired) electrons. The molecule has 0 aliphatic rings. The van der Waals surface area contributed by atoms with Crippen molar-refractivity contribution in [2.45, 2.75) is 6.92 Å². The fraction of sp³-hybridized carbons (Fsp3) is 0.409. The molecule has 2 aromatic rings. The van der Waals surface area contributed by atoms with E-state index < -0.39 is 4.92 Å². The summed E-state index contributed by atoms with van der Waals surface area (Å²) in [7, 11) is 0. The number of non-ortho nitro benzene ring substituents is 1. The summed E-state index contributed by atoms with van der Waals surface area (Å²) in [5.41, 5.74) is 14.3. The van der Waals surface area contributed by atoms with Gasteiger partial charge in [0.2, 0.25) is 0 Å². The first-order valence-corrected chi connectivity index (χ1v) is 10.3. The molecule has 2 aromatic carbocycles. The first kappa shape index (κ1) is 27.6. The summed E-state index contributed by atoms with van der Waals surface area (Å²) in [5, 5.41) is 36.1. The average Bonchev–Trinajstić information content (AvgIpc) is 2.80. The number of hydrogen-bond donors (Lipinski definition) is 4. The topological polar surface area (TPSA) is 181 Å². The molecular formula is C22H31N5O6. The van der Waals surface area contributed by atoms with Crippen LogP contribution in [0.1, 0.15) is 11.1 Å². The number of nitro benzene ring substituents is 1. The Kier molecular flexibility index (Phi) is 12.9. The minimum absolute atomic E-state index is 0.0284. The van der Waals surface area contributed by atoms with Gasteiger partial charge in [0.05, 0.1) is 50.1 Å². The standard InChI is InChI=1S/C15H26N2O4.C7H5N3O2/c1-13-12-14(2-3-15(13)16)17(4-8-20-10-6-18)5-9-21-11-7-19;8-4-5-3-6(10(11)12)1-2-7(5)9/h2-3,12,18-19H,4-11,16H2,1H3;1-3H,9H2. The van der Waals surface area contributed by atoms with Crippen LogP contribution in [0.15, 0.2) is 36.4 Å². The highest BCUT2D eigenvalue weighted by Gasteiger charge is 2.09. The van der Waals surface area contributed by atoms with Gasteiger partial charge in [-0.1, -0.05) is 0 Å². The fourth-order valence-corrected chi connectivity index (χ4v) is 2.66. The van der Waals surface area contributed by atoms with Crippen molar-refractivity contribution in [2.24, 2.45) is 0 Å². The Labute approximate surface area is 192 Å². The number of nitriles is 1. The minimum Gasteiger partial charge on any atom is -0.399 e. The van der Waals surface area contributed by atoms with Gasteiger partial charge in [-0.05, 0) is 36.8 Å². The predicted octanol–water partition coefficient (Wildman–Crippen LogP) is 1.45. The van der Waals surface area contributed by atoms with Crippen LogP contribution in [0.3, 0.4) is 0 Å². The Bertz CT molecular complexity index is 907. The van der Waals surface area contributed by atoms with Crippen LogP contribution in [0.25, 0.3) is 0 Å². The molecule has 0 atom stereocenters. The zero-order valence-electron chi connectivity index (χ0n) is 18.6. The second-order valence-electron chi connectivity index (χ2n) is 6.84. The highest BCUT2D eigenvalue weighted by atomic mass is 16.6. The Morgan fingerprint density at radius 2 is 1.58 bits per heavy atom. The van der Waals surface area contributed by atoms with Crippen LogP contribution in [0.5, 0.6) is 0 Å². The lowest BCUT2D eigenvalue weighted by Crippen LogP contribution is -2.31.